The van der Waals surface area contributed by atoms with Gasteiger partial charge in [0.1, 0.15) is 0 Å². The molecule has 1 atom stereocenters. The molecule has 88 valence electrons. The van der Waals surface area contributed by atoms with Gasteiger partial charge in [0.2, 0.25) is 5.91 Å². The van der Waals surface area contributed by atoms with Crippen LogP contribution in [0.1, 0.15) is 33.1 Å². The molecular weight excluding hydrogens is 192 g/mol. The number of carbonyl (C=O) groups is 1. The van der Waals surface area contributed by atoms with E-state index in [-0.39, 0.29) is 17.7 Å². The molecule has 0 aromatic carbocycles. The van der Waals surface area contributed by atoms with Crippen molar-refractivity contribution in [1.82, 2.24) is 5.32 Å². The first-order valence-electron chi connectivity index (χ1n) is 5.69. The molecule has 0 aromatic rings. The molecule has 4 nitrogen and oxygen atoms in total. The van der Waals surface area contributed by atoms with Crippen molar-refractivity contribution in [3.63, 3.8) is 0 Å². The summed E-state index contributed by atoms with van der Waals surface area (Å²) in [5, 5.41) is 12.6. The summed E-state index contributed by atoms with van der Waals surface area (Å²) in [5.41, 5.74) is 4.89. The average Bonchev–Trinajstić information content (AvgIpc) is 2.12. The third-order valence-electron chi connectivity index (χ3n) is 3.27. The molecule has 0 aliphatic heterocycles. The molecule has 1 aliphatic rings. The van der Waals surface area contributed by atoms with Gasteiger partial charge in [-0.2, -0.15) is 0 Å². The molecule has 1 unspecified atom stereocenters. The summed E-state index contributed by atoms with van der Waals surface area (Å²) in [7, 11) is 0. The van der Waals surface area contributed by atoms with Gasteiger partial charge in [-0.05, 0) is 25.2 Å². The van der Waals surface area contributed by atoms with Crippen molar-refractivity contribution in [3.8, 4) is 0 Å². The lowest BCUT2D eigenvalue weighted by atomic mass is 9.80. The topological polar surface area (TPSA) is 75.4 Å². The summed E-state index contributed by atoms with van der Waals surface area (Å²) < 4.78 is 0. The lowest BCUT2D eigenvalue weighted by molar-refractivity contribution is -0.128. The molecule has 0 bridgehead atoms. The highest BCUT2D eigenvalue weighted by atomic mass is 16.3. The van der Waals surface area contributed by atoms with E-state index in [2.05, 4.69) is 5.32 Å². The van der Waals surface area contributed by atoms with E-state index in [9.17, 15) is 9.90 Å². The number of hydrogen-bond donors (Lipinski definition) is 3. The fourth-order valence-electron chi connectivity index (χ4n) is 1.83. The molecule has 4 heteroatoms. The quantitative estimate of drug-likeness (QED) is 0.614. The van der Waals surface area contributed by atoms with Crippen molar-refractivity contribution in [1.29, 1.82) is 0 Å². The van der Waals surface area contributed by atoms with Crippen LogP contribution in [-0.4, -0.2) is 29.7 Å². The van der Waals surface area contributed by atoms with Crippen molar-refractivity contribution in [3.05, 3.63) is 0 Å². The number of carbonyl (C=O) groups excluding carboxylic acids is 1. The van der Waals surface area contributed by atoms with Gasteiger partial charge in [-0.1, -0.05) is 13.8 Å². The first kappa shape index (κ1) is 12.5. The molecule has 1 rings (SSSR count). The summed E-state index contributed by atoms with van der Waals surface area (Å²) in [4.78, 5) is 11.7. The van der Waals surface area contributed by atoms with E-state index in [4.69, 9.17) is 5.73 Å². The minimum Gasteiger partial charge on any atom is -0.388 e. The number of nitrogens with two attached hydrogens (primary N) is 1. The molecule has 1 aliphatic carbocycles. The number of amides is 1. The third-order valence-corrected chi connectivity index (χ3v) is 3.27. The van der Waals surface area contributed by atoms with Crippen LogP contribution in [0.25, 0.3) is 0 Å². The minimum atomic E-state index is -0.647. The van der Waals surface area contributed by atoms with Crippen molar-refractivity contribution in [2.45, 2.75) is 38.7 Å². The number of rotatable bonds is 5. The van der Waals surface area contributed by atoms with Crippen LogP contribution in [0.4, 0.5) is 0 Å². The van der Waals surface area contributed by atoms with Gasteiger partial charge < -0.3 is 16.2 Å². The van der Waals surface area contributed by atoms with Crippen LogP contribution in [0.3, 0.4) is 0 Å². The Hall–Kier alpha value is -0.610. The molecule has 0 spiro atoms. The van der Waals surface area contributed by atoms with Gasteiger partial charge in [0.25, 0.3) is 0 Å². The average molecular weight is 214 g/mol. The standard InChI is InChI=1S/C11H22N2O2/c1-8(2)9(6-12)10(14)13-7-11(15)4-3-5-11/h8-9,15H,3-7,12H2,1-2H3,(H,13,14). The minimum absolute atomic E-state index is 0.0344. The Morgan fingerprint density at radius 2 is 2.13 bits per heavy atom. The van der Waals surface area contributed by atoms with Crippen LogP contribution in [-0.2, 0) is 4.79 Å². The molecule has 1 saturated carbocycles. The van der Waals surface area contributed by atoms with Crippen molar-refractivity contribution >= 4 is 5.91 Å². The molecule has 15 heavy (non-hydrogen) atoms. The molecular formula is C11H22N2O2. The second-order valence-electron chi connectivity index (χ2n) is 4.88. The Bertz CT molecular complexity index is 225. The van der Waals surface area contributed by atoms with E-state index >= 15 is 0 Å². The molecule has 4 N–H and O–H groups in total. The zero-order valence-corrected chi connectivity index (χ0v) is 9.62. The first-order chi connectivity index (χ1) is 6.98. The second kappa shape index (κ2) is 4.94. The highest BCUT2D eigenvalue weighted by molar-refractivity contribution is 5.79. The summed E-state index contributed by atoms with van der Waals surface area (Å²) in [5.74, 6) is 0.0625. The maximum absolute atomic E-state index is 11.7. The normalized spacial score (nSPS) is 20.9. The van der Waals surface area contributed by atoms with Crippen LogP contribution < -0.4 is 11.1 Å². The third kappa shape index (κ3) is 3.18. The molecule has 0 saturated heterocycles. The maximum atomic E-state index is 11.7. The Labute approximate surface area is 91.2 Å². The predicted octanol–water partition coefficient (Wildman–Crippen LogP) is 0.249. The number of nitrogens with one attached hydrogen (secondary N) is 1. The molecule has 0 heterocycles. The van der Waals surface area contributed by atoms with Gasteiger partial charge in [0, 0.05) is 13.1 Å². The predicted molar refractivity (Wildman–Crippen MR) is 59.2 cm³/mol. The van der Waals surface area contributed by atoms with E-state index in [1.165, 1.54) is 0 Å². The Morgan fingerprint density at radius 3 is 2.47 bits per heavy atom. The highest BCUT2D eigenvalue weighted by Gasteiger charge is 2.35. The zero-order valence-electron chi connectivity index (χ0n) is 9.62. The van der Waals surface area contributed by atoms with E-state index in [1.807, 2.05) is 13.8 Å². The van der Waals surface area contributed by atoms with Gasteiger partial charge in [-0.25, -0.2) is 0 Å². The molecule has 1 fully saturated rings. The van der Waals surface area contributed by atoms with Crippen molar-refractivity contribution in [2.75, 3.05) is 13.1 Å². The number of hydrogen-bond acceptors (Lipinski definition) is 3. The Kier molecular flexibility index (Phi) is 4.11. The summed E-state index contributed by atoms with van der Waals surface area (Å²) in [6, 6.07) is 0. The van der Waals surface area contributed by atoms with Crippen molar-refractivity contribution in [2.24, 2.45) is 17.6 Å². The van der Waals surface area contributed by atoms with Crippen LogP contribution in [0, 0.1) is 11.8 Å². The van der Waals surface area contributed by atoms with Crippen LogP contribution >= 0.6 is 0 Å². The first-order valence-corrected chi connectivity index (χ1v) is 5.69. The van der Waals surface area contributed by atoms with Gasteiger partial charge in [0.15, 0.2) is 0 Å². The van der Waals surface area contributed by atoms with E-state index in [0.717, 1.165) is 19.3 Å². The molecule has 0 aromatic heterocycles. The summed E-state index contributed by atoms with van der Waals surface area (Å²) >= 11 is 0. The summed E-state index contributed by atoms with van der Waals surface area (Å²) in [6.07, 6.45) is 2.64. The van der Waals surface area contributed by atoms with Crippen LogP contribution in [0.5, 0.6) is 0 Å². The summed E-state index contributed by atoms with van der Waals surface area (Å²) in [6.45, 7) is 4.70. The van der Waals surface area contributed by atoms with Gasteiger partial charge >= 0.3 is 0 Å². The lowest BCUT2D eigenvalue weighted by Crippen LogP contribution is -2.50. The van der Waals surface area contributed by atoms with Gasteiger partial charge in [-0.3, -0.25) is 4.79 Å². The van der Waals surface area contributed by atoms with Crippen molar-refractivity contribution < 1.29 is 9.90 Å². The Balaban J connectivity index is 2.34. The second-order valence-corrected chi connectivity index (χ2v) is 4.88. The SMILES string of the molecule is CC(C)C(CN)C(=O)NCC1(O)CCC1. The number of aliphatic hydroxyl groups is 1. The largest absolute Gasteiger partial charge is 0.388 e. The Morgan fingerprint density at radius 1 is 1.53 bits per heavy atom. The van der Waals surface area contributed by atoms with E-state index in [0.29, 0.717) is 13.1 Å². The smallest absolute Gasteiger partial charge is 0.224 e. The molecule has 1 amide bonds. The highest BCUT2D eigenvalue weighted by Crippen LogP contribution is 2.30. The van der Waals surface area contributed by atoms with E-state index < -0.39 is 5.60 Å². The van der Waals surface area contributed by atoms with Gasteiger partial charge in [-0.15, -0.1) is 0 Å². The van der Waals surface area contributed by atoms with E-state index in [1.54, 1.807) is 0 Å². The van der Waals surface area contributed by atoms with Gasteiger partial charge in [0.05, 0.1) is 11.5 Å². The lowest BCUT2D eigenvalue weighted by Gasteiger charge is -2.37. The van der Waals surface area contributed by atoms with Crippen LogP contribution in [0.15, 0.2) is 0 Å². The fourth-order valence-corrected chi connectivity index (χ4v) is 1.83. The van der Waals surface area contributed by atoms with Crippen LogP contribution in [0.2, 0.25) is 0 Å². The fraction of sp³-hybridized carbons (Fsp3) is 0.909. The maximum Gasteiger partial charge on any atom is 0.224 e. The molecule has 0 radical (unpaired) electrons. The zero-order chi connectivity index (χ0) is 11.5. The monoisotopic (exact) mass is 214 g/mol.